The largest absolute Gasteiger partial charge is 0.396 e. The molecule has 1 saturated carbocycles. The van der Waals surface area contributed by atoms with Gasteiger partial charge in [-0.3, -0.25) is 9.59 Å². The molecular formula is C18H31NO3S. The first-order chi connectivity index (χ1) is 11.1. The summed E-state index contributed by atoms with van der Waals surface area (Å²) < 4.78 is 0. The van der Waals surface area contributed by atoms with Gasteiger partial charge in [0.15, 0.2) is 0 Å². The lowest BCUT2D eigenvalue weighted by atomic mass is 9.75. The molecule has 5 heteroatoms. The van der Waals surface area contributed by atoms with Crippen LogP contribution in [-0.4, -0.2) is 34.9 Å². The second-order valence-electron chi connectivity index (χ2n) is 6.11. The van der Waals surface area contributed by atoms with Crippen molar-refractivity contribution in [1.29, 1.82) is 0 Å². The molecule has 0 bridgehead atoms. The van der Waals surface area contributed by atoms with Gasteiger partial charge in [0.2, 0.25) is 0 Å². The second-order valence-corrected chi connectivity index (χ2v) is 7.69. The minimum Gasteiger partial charge on any atom is -0.396 e. The van der Waals surface area contributed by atoms with Gasteiger partial charge in [0.05, 0.1) is 5.71 Å². The minimum absolute atomic E-state index is 0.0366. The van der Waals surface area contributed by atoms with Crippen molar-refractivity contribution < 1.29 is 14.4 Å². The monoisotopic (exact) mass is 341 g/mol. The second kappa shape index (κ2) is 10.8. The number of rotatable bonds is 10. The number of carbonyl (C=O) groups is 2. The fourth-order valence-corrected chi connectivity index (χ4v) is 4.32. The summed E-state index contributed by atoms with van der Waals surface area (Å²) in [5.41, 5.74) is 0.623. The maximum atomic E-state index is 12.6. The molecule has 0 heterocycles. The van der Waals surface area contributed by atoms with Crippen LogP contribution in [-0.2, 0) is 14.4 Å². The Hall–Kier alpha value is -0.840. The van der Waals surface area contributed by atoms with E-state index in [0.29, 0.717) is 36.8 Å². The van der Waals surface area contributed by atoms with Crippen molar-refractivity contribution in [1.82, 2.24) is 0 Å². The molecule has 1 aliphatic carbocycles. The van der Waals surface area contributed by atoms with E-state index in [4.69, 9.17) is 4.84 Å². The zero-order valence-electron chi connectivity index (χ0n) is 15.0. The molecule has 132 valence electrons. The van der Waals surface area contributed by atoms with Crippen LogP contribution in [0, 0.1) is 11.8 Å². The average Bonchev–Trinajstić information content (AvgIpc) is 2.51. The summed E-state index contributed by atoms with van der Waals surface area (Å²) in [7, 11) is 0. The molecule has 0 radical (unpaired) electrons. The summed E-state index contributed by atoms with van der Waals surface area (Å²) in [6, 6.07) is 0. The van der Waals surface area contributed by atoms with Gasteiger partial charge in [-0.25, -0.2) is 0 Å². The van der Waals surface area contributed by atoms with Gasteiger partial charge in [-0.05, 0) is 37.9 Å². The normalized spacial score (nSPS) is 23.9. The Morgan fingerprint density at radius 2 is 1.87 bits per heavy atom. The highest BCUT2D eigenvalue weighted by Gasteiger charge is 2.39. The number of carbonyl (C=O) groups excluding carboxylic acids is 2. The smallest absolute Gasteiger partial charge is 0.149 e. The highest BCUT2D eigenvalue weighted by atomic mass is 32.2. The Morgan fingerprint density at radius 3 is 2.35 bits per heavy atom. The van der Waals surface area contributed by atoms with Crippen molar-refractivity contribution in [3.63, 3.8) is 0 Å². The number of ketones is 2. The molecule has 0 N–H and O–H groups in total. The number of hydrogen-bond acceptors (Lipinski definition) is 5. The summed E-state index contributed by atoms with van der Waals surface area (Å²) in [6.45, 7) is 8.66. The van der Waals surface area contributed by atoms with E-state index in [1.165, 1.54) is 0 Å². The maximum absolute atomic E-state index is 12.6. The summed E-state index contributed by atoms with van der Waals surface area (Å²) in [5.74, 6) is 0.697. The standard InChI is InChI=1S/C18H31NO3S/c1-5-9-15(19-22-7-3)18-16(20)11-13(12-17(18)21)10-14(6-2)23-8-4/h13-14,18H,5-12H2,1-4H3. The van der Waals surface area contributed by atoms with Gasteiger partial charge in [-0.1, -0.05) is 32.3 Å². The third kappa shape index (κ3) is 6.28. The summed E-state index contributed by atoms with van der Waals surface area (Å²) >= 11 is 1.93. The van der Waals surface area contributed by atoms with Crippen LogP contribution in [0.5, 0.6) is 0 Å². The fraction of sp³-hybridized carbons (Fsp3) is 0.833. The molecule has 0 aromatic rings. The molecular weight excluding hydrogens is 310 g/mol. The third-order valence-corrected chi connectivity index (χ3v) is 5.56. The van der Waals surface area contributed by atoms with Gasteiger partial charge < -0.3 is 4.84 Å². The first-order valence-corrected chi connectivity index (χ1v) is 9.97. The Balaban J connectivity index is 2.75. The van der Waals surface area contributed by atoms with Crippen molar-refractivity contribution in [2.75, 3.05) is 12.4 Å². The quantitative estimate of drug-likeness (QED) is 0.338. The predicted molar refractivity (Wildman–Crippen MR) is 97.0 cm³/mol. The van der Waals surface area contributed by atoms with Crippen molar-refractivity contribution in [3.05, 3.63) is 0 Å². The Kier molecular flexibility index (Phi) is 9.53. The lowest BCUT2D eigenvalue weighted by Crippen LogP contribution is -2.39. The summed E-state index contributed by atoms with van der Waals surface area (Å²) in [4.78, 5) is 30.2. The van der Waals surface area contributed by atoms with E-state index >= 15 is 0 Å². The van der Waals surface area contributed by atoms with E-state index in [1.54, 1.807) is 0 Å². The molecule has 1 unspecified atom stereocenters. The van der Waals surface area contributed by atoms with Crippen LogP contribution in [0.3, 0.4) is 0 Å². The predicted octanol–water partition coefficient (Wildman–Crippen LogP) is 4.27. The van der Waals surface area contributed by atoms with Gasteiger partial charge in [0.25, 0.3) is 0 Å². The third-order valence-electron chi connectivity index (χ3n) is 4.23. The maximum Gasteiger partial charge on any atom is 0.149 e. The van der Waals surface area contributed by atoms with Crippen molar-refractivity contribution >= 4 is 29.0 Å². The van der Waals surface area contributed by atoms with Crippen LogP contribution in [0.1, 0.15) is 66.2 Å². The zero-order valence-corrected chi connectivity index (χ0v) is 15.8. The van der Waals surface area contributed by atoms with Crippen LogP contribution < -0.4 is 0 Å². The SMILES string of the molecule is CCCC(=NOCC)C1C(=O)CC(CC(CC)SCC)CC1=O. The van der Waals surface area contributed by atoms with E-state index in [2.05, 4.69) is 19.0 Å². The Bertz CT molecular complexity index is 404. The molecule has 0 spiro atoms. The van der Waals surface area contributed by atoms with Crippen molar-refractivity contribution in [3.8, 4) is 0 Å². The zero-order chi connectivity index (χ0) is 17.2. The van der Waals surface area contributed by atoms with Gasteiger partial charge in [-0.15, -0.1) is 0 Å². The first-order valence-electron chi connectivity index (χ1n) is 8.92. The molecule has 0 aromatic heterocycles. The van der Waals surface area contributed by atoms with Crippen LogP contribution in [0.2, 0.25) is 0 Å². The van der Waals surface area contributed by atoms with Crippen LogP contribution in [0.4, 0.5) is 0 Å². The molecule has 1 aliphatic rings. The summed E-state index contributed by atoms with van der Waals surface area (Å²) in [6.07, 6.45) is 4.57. The lowest BCUT2D eigenvalue weighted by molar-refractivity contribution is -0.134. The van der Waals surface area contributed by atoms with Gasteiger partial charge in [0.1, 0.15) is 24.1 Å². The molecule has 0 saturated heterocycles. The molecule has 4 nitrogen and oxygen atoms in total. The lowest BCUT2D eigenvalue weighted by Gasteiger charge is -2.29. The number of oxime groups is 1. The van der Waals surface area contributed by atoms with Crippen LogP contribution in [0.25, 0.3) is 0 Å². The molecule has 0 amide bonds. The van der Waals surface area contributed by atoms with Gasteiger partial charge in [-0.2, -0.15) is 11.8 Å². The van der Waals surface area contributed by atoms with E-state index in [0.717, 1.165) is 25.0 Å². The minimum atomic E-state index is -0.656. The van der Waals surface area contributed by atoms with Crippen molar-refractivity contribution in [2.24, 2.45) is 17.0 Å². The van der Waals surface area contributed by atoms with E-state index in [1.807, 2.05) is 25.6 Å². The highest BCUT2D eigenvalue weighted by Crippen LogP contribution is 2.32. The summed E-state index contributed by atoms with van der Waals surface area (Å²) in [5, 5.41) is 4.61. The van der Waals surface area contributed by atoms with Gasteiger partial charge >= 0.3 is 0 Å². The van der Waals surface area contributed by atoms with E-state index in [9.17, 15) is 9.59 Å². The Labute approximate surface area is 144 Å². The molecule has 0 aliphatic heterocycles. The number of thioether (sulfide) groups is 1. The highest BCUT2D eigenvalue weighted by molar-refractivity contribution is 7.99. The Morgan fingerprint density at radius 1 is 1.22 bits per heavy atom. The molecule has 23 heavy (non-hydrogen) atoms. The topological polar surface area (TPSA) is 55.7 Å². The molecule has 1 atom stereocenters. The van der Waals surface area contributed by atoms with Gasteiger partial charge in [0, 0.05) is 18.1 Å². The van der Waals surface area contributed by atoms with E-state index in [-0.39, 0.29) is 17.5 Å². The number of Topliss-reactive ketones (excluding diaryl/α,β-unsaturated/α-hetero) is 2. The van der Waals surface area contributed by atoms with E-state index < -0.39 is 5.92 Å². The molecule has 0 aromatic carbocycles. The first kappa shape index (κ1) is 20.2. The fourth-order valence-electron chi connectivity index (χ4n) is 3.20. The average molecular weight is 342 g/mol. The number of hydrogen-bond donors (Lipinski definition) is 0. The molecule has 1 rings (SSSR count). The van der Waals surface area contributed by atoms with Crippen LogP contribution >= 0.6 is 11.8 Å². The van der Waals surface area contributed by atoms with Crippen molar-refractivity contribution in [2.45, 2.75) is 71.5 Å². The molecule has 1 fully saturated rings. The number of nitrogens with zero attached hydrogens (tertiary/aromatic N) is 1. The van der Waals surface area contributed by atoms with Crippen LogP contribution in [0.15, 0.2) is 5.16 Å².